The standard InChI is InChI=1S/C18H16N4O3S2/c1-13-12-26-18(19-13)22(14-6-3-2-4-7-14)17(23)15-8-5-9-21-10-11-27(24,25)20-16(15)21/h2-9,12H,10-11H2,1H3. The summed E-state index contributed by atoms with van der Waals surface area (Å²) in [5.74, 6) is -0.292. The molecule has 0 unspecified atom stereocenters. The second-order valence-corrected chi connectivity index (χ2v) is 8.65. The second-order valence-electron chi connectivity index (χ2n) is 6.06. The molecule has 27 heavy (non-hydrogen) atoms. The number of para-hydroxylation sites is 1. The Morgan fingerprint density at radius 3 is 2.74 bits per heavy atom. The highest BCUT2D eigenvalue weighted by Gasteiger charge is 2.33. The minimum Gasteiger partial charge on any atom is -0.331 e. The zero-order valence-corrected chi connectivity index (χ0v) is 16.1. The van der Waals surface area contributed by atoms with Gasteiger partial charge in [-0.05, 0) is 31.2 Å². The summed E-state index contributed by atoms with van der Waals surface area (Å²) in [5.41, 5.74) is 1.68. The van der Waals surface area contributed by atoms with Gasteiger partial charge < -0.3 is 4.90 Å². The van der Waals surface area contributed by atoms with Crippen molar-refractivity contribution in [3.8, 4) is 0 Å². The Bertz CT molecular complexity index is 1080. The van der Waals surface area contributed by atoms with Crippen LogP contribution in [0.2, 0.25) is 0 Å². The molecule has 2 aliphatic rings. The Labute approximate surface area is 161 Å². The van der Waals surface area contributed by atoms with E-state index in [2.05, 4.69) is 9.38 Å². The van der Waals surface area contributed by atoms with Gasteiger partial charge in [-0.1, -0.05) is 18.2 Å². The average molecular weight is 400 g/mol. The number of nitrogens with zero attached hydrogens (tertiary/aromatic N) is 4. The minimum absolute atomic E-state index is 0.0730. The van der Waals surface area contributed by atoms with Gasteiger partial charge in [-0.3, -0.25) is 9.69 Å². The molecule has 0 atom stereocenters. The fraction of sp³-hybridized carbons (Fsp3) is 0.167. The molecule has 0 radical (unpaired) electrons. The first-order valence-corrected chi connectivity index (χ1v) is 10.7. The number of anilines is 2. The van der Waals surface area contributed by atoms with Crippen LogP contribution in [0.1, 0.15) is 5.69 Å². The number of amides is 1. The van der Waals surface area contributed by atoms with E-state index in [4.69, 9.17) is 0 Å². The van der Waals surface area contributed by atoms with Crippen molar-refractivity contribution in [2.24, 2.45) is 4.40 Å². The molecule has 0 saturated carbocycles. The smallest absolute Gasteiger partial charge is 0.268 e. The van der Waals surface area contributed by atoms with E-state index in [0.29, 0.717) is 10.8 Å². The maximum absolute atomic E-state index is 13.5. The molecule has 2 aromatic rings. The molecule has 3 heterocycles. The Kier molecular flexibility index (Phi) is 4.40. The lowest BCUT2D eigenvalue weighted by Gasteiger charge is -2.30. The average Bonchev–Trinajstić information content (AvgIpc) is 3.07. The maximum atomic E-state index is 13.5. The molecular weight excluding hydrogens is 384 g/mol. The summed E-state index contributed by atoms with van der Waals surface area (Å²) in [4.78, 5) is 21.1. The van der Waals surface area contributed by atoms with Gasteiger partial charge in [0.15, 0.2) is 11.0 Å². The first-order valence-electron chi connectivity index (χ1n) is 8.24. The van der Waals surface area contributed by atoms with Crippen LogP contribution in [-0.2, 0) is 14.8 Å². The van der Waals surface area contributed by atoms with Crippen LogP contribution in [0.3, 0.4) is 0 Å². The minimum atomic E-state index is -3.58. The summed E-state index contributed by atoms with van der Waals surface area (Å²) in [7, 11) is -3.58. The molecule has 0 N–H and O–H groups in total. The zero-order valence-electron chi connectivity index (χ0n) is 14.4. The van der Waals surface area contributed by atoms with Gasteiger partial charge >= 0.3 is 0 Å². The molecule has 7 nitrogen and oxygen atoms in total. The summed E-state index contributed by atoms with van der Waals surface area (Å²) in [6.07, 6.45) is 5.04. The quantitative estimate of drug-likeness (QED) is 0.791. The molecule has 4 rings (SSSR count). The van der Waals surface area contributed by atoms with Gasteiger partial charge in [-0.2, -0.15) is 0 Å². The Balaban J connectivity index is 1.81. The number of amidine groups is 1. The van der Waals surface area contributed by atoms with Crippen LogP contribution < -0.4 is 4.90 Å². The topological polar surface area (TPSA) is 82.9 Å². The fourth-order valence-corrected chi connectivity index (χ4v) is 4.64. The highest BCUT2D eigenvalue weighted by Crippen LogP contribution is 2.31. The van der Waals surface area contributed by atoms with E-state index >= 15 is 0 Å². The molecule has 1 amide bonds. The normalized spacial score (nSPS) is 17.7. The summed E-state index contributed by atoms with van der Waals surface area (Å²) in [6, 6.07) is 9.15. The first kappa shape index (κ1) is 17.6. The molecule has 1 aromatic heterocycles. The molecule has 0 spiro atoms. The van der Waals surface area contributed by atoms with Crippen LogP contribution in [0.25, 0.3) is 0 Å². The molecule has 9 heteroatoms. The van der Waals surface area contributed by atoms with Crippen molar-refractivity contribution in [2.75, 3.05) is 17.2 Å². The number of carbonyl (C=O) groups is 1. The third-order valence-electron chi connectivity index (χ3n) is 4.10. The largest absolute Gasteiger partial charge is 0.331 e. The molecule has 0 fully saturated rings. The molecule has 2 aliphatic heterocycles. The van der Waals surface area contributed by atoms with Crippen molar-refractivity contribution < 1.29 is 13.2 Å². The van der Waals surface area contributed by atoms with E-state index < -0.39 is 10.0 Å². The van der Waals surface area contributed by atoms with Gasteiger partial charge in [0.25, 0.3) is 15.9 Å². The summed E-state index contributed by atoms with van der Waals surface area (Å²) >= 11 is 1.35. The van der Waals surface area contributed by atoms with Crippen molar-refractivity contribution in [1.82, 2.24) is 9.88 Å². The molecule has 1 aromatic carbocycles. The highest BCUT2D eigenvalue weighted by molar-refractivity contribution is 7.90. The Hall–Kier alpha value is -2.78. The summed E-state index contributed by atoms with van der Waals surface area (Å²) in [6.45, 7) is 2.12. The monoisotopic (exact) mass is 400 g/mol. The number of sulfonamides is 1. The number of benzene rings is 1. The third kappa shape index (κ3) is 3.43. The maximum Gasteiger partial charge on any atom is 0.268 e. The number of thiazole rings is 1. The lowest BCUT2D eigenvalue weighted by molar-refractivity contribution is -0.114. The molecule has 0 saturated heterocycles. The number of aryl methyl sites for hydroxylation is 1. The SMILES string of the molecule is Cc1csc(N(C(=O)C2=CC=CN3CCS(=O)(=O)N=C23)c2ccccc2)n1. The van der Waals surface area contributed by atoms with Crippen LogP contribution in [-0.4, -0.2) is 42.3 Å². The number of fused-ring (bicyclic) bond motifs is 1. The number of hydrogen-bond donors (Lipinski definition) is 0. The number of rotatable bonds is 3. The number of carbonyl (C=O) groups excluding carboxylic acids is 1. The number of aromatic nitrogens is 1. The van der Waals surface area contributed by atoms with Crippen LogP contribution in [0.5, 0.6) is 0 Å². The lowest BCUT2D eigenvalue weighted by atomic mass is 10.1. The predicted octanol–water partition coefficient (Wildman–Crippen LogP) is 2.61. The number of hydrogen-bond acceptors (Lipinski definition) is 6. The van der Waals surface area contributed by atoms with Gasteiger partial charge in [-0.25, -0.2) is 13.4 Å². The first-order chi connectivity index (χ1) is 12.9. The zero-order chi connectivity index (χ0) is 19.0. The van der Waals surface area contributed by atoms with Gasteiger partial charge in [0.2, 0.25) is 0 Å². The van der Waals surface area contributed by atoms with Crippen molar-refractivity contribution in [3.05, 3.63) is 65.3 Å². The van der Waals surface area contributed by atoms with E-state index in [1.807, 2.05) is 42.6 Å². The van der Waals surface area contributed by atoms with Crippen molar-refractivity contribution in [3.63, 3.8) is 0 Å². The summed E-state index contributed by atoms with van der Waals surface area (Å²) < 4.78 is 27.8. The van der Waals surface area contributed by atoms with Gasteiger partial charge in [-0.15, -0.1) is 15.7 Å². The van der Waals surface area contributed by atoms with Gasteiger partial charge in [0.1, 0.15) is 0 Å². The van der Waals surface area contributed by atoms with E-state index in [9.17, 15) is 13.2 Å². The van der Waals surface area contributed by atoms with Crippen LogP contribution in [0, 0.1) is 6.92 Å². The Morgan fingerprint density at radius 2 is 2.04 bits per heavy atom. The second kappa shape index (κ2) is 6.75. The summed E-state index contributed by atoms with van der Waals surface area (Å²) in [5, 5.41) is 2.38. The third-order valence-corrected chi connectivity index (χ3v) is 6.20. The van der Waals surface area contributed by atoms with E-state index in [-0.39, 0.29) is 29.6 Å². The van der Waals surface area contributed by atoms with Crippen molar-refractivity contribution in [2.45, 2.75) is 6.92 Å². The van der Waals surface area contributed by atoms with Gasteiger partial charge in [0.05, 0.1) is 22.7 Å². The lowest BCUT2D eigenvalue weighted by Crippen LogP contribution is -2.42. The van der Waals surface area contributed by atoms with E-state index in [0.717, 1.165) is 5.69 Å². The molecule has 0 aliphatic carbocycles. The van der Waals surface area contributed by atoms with Gasteiger partial charge in [0, 0.05) is 18.1 Å². The van der Waals surface area contributed by atoms with Crippen LogP contribution in [0.15, 0.2) is 64.0 Å². The number of allylic oxidation sites excluding steroid dienone is 2. The predicted molar refractivity (Wildman–Crippen MR) is 106 cm³/mol. The fourth-order valence-electron chi connectivity index (χ4n) is 2.84. The van der Waals surface area contributed by atoms with Crippen molar-refractivity contribution in [1.29, 1.82) is 0 Å². The van der Waals surface area contributed by atoms with Crippen LogP contribution in [0.4, 0.5) is 10.8 Å². The highest BCUT2D eigenvalue weighted by atomic mass is 32.2. The molecule has 138 valence electrons. The molecular formula is C18H16N4O3S2. The Morgan fingerprint density at radius 1 is 1.26 bits per heavy atom. The molecule has 0 bridgehead atoms. The van der Waals surface area contributed by atoms with E-state index in [1.165, 1.54) is 16.2 Å². The van der Waals surface area contributed by atoms with Crippen molar-refractivity contribution >= 4 is 43.9 Å². The van der Waals surface area contributed by atoms with Crippen LogP contribution >= 0.6 is 11.3 Å². The van der Waals surface area contributed by atoms with E-state index in [1.54, 1.807) is 23.3 Å².